The van der Waals surface area contributed by atoms with Crippen molar-refractivity contribution in [2.75, 3.05) is 29.9 Å². The monoisotopic (exact) mass is 385 g/mol. The first-order chi connectivity index (χ1) is 13.0. The van der Waals surface area contributed by atoms with Crippen LogP contribution in [0.3, 0.4) is 0 Å². The minimum atomic E-state index is -0.410. The molecule has 2 bridgehead atoms. The van der Waals surface area contributed by atoms with E-state index in [0.717, 1.165) is 56.0 Å². The summed E-state index contributed by atoms with van der Waals surface area (Å²) >= 11 is 1.94. The fourth-order valence-electron chi connectivity index (χ4n) is 5.83. The second-order valence-corrected chi connectivity index (χ2v) is 10.1. The Hall–Kier alpha value is -1.69. The zero-order chi connectivity index (χ0) is 18.6. The van der Waals surface area contributed by atoms with Crippen molar-refractivity contribution in [1.82, 2.24) is 10.2 Å². The van der Waals surface area contributed by atoms with Crippen LogP contribution in [0.1, 0.15) is 43.0 Å². The largest absolute Gasteiger partial charge is 0.362 e. The Bertz CT molecular complexity index is 793. The number of carbonyl (C=O) groups is 2. The Labute approximate surface area is 164 Å². The van der Waals surface area contributed by atoms with E-state index in [1.807, 2.05) is 36.0 Å². The summed E-state index contributed by atoms with van der Waals surface area (Å²) in [6, 6.07) is 7.74. The molecule has 27 heavy (non-hydrogen) atoms. The topological polar surface area (TPSA) is 61.4 Å². The van der Waals surface area contributed by atoms with Gasteiger partial charge in [-0.1, -0.05) is 19.1 Å². The second kappa shape index (κ2) is 6.16. The summed E-state index contributed by atoms with van der Waals surface area (Å²) in [4.78, 5) is 28.2. The molecule has 0 aromatic heterocycles. The summed E-state index contributed by atoms with van der Waals surface area (Å²) in [5.74, 6) is 2.84. The normalized spacial score (nSPS) is 37.5. The number of hydrogen-bond acceptors (Lipinski definition) is 4. The maximum atomic E-state index is 13.3. The third-order valence-electron chi connectivity index (χ3n) is 7.29. The van der Waals surface area contributed by atoms with Gasteiger partial charge in [-0.05, 0) is 43.2 Å². The first kappa shape index (κ1) is 17.4. The van der Waals surface area contributed by atoms with Gasteiger partial charge in [0, 0.05) is 42.1 Å². The summed E-state index contributed by atoms with van der Waals surface area (Å²) in [7, 11) is 0. The van der Waals surface area contributed by atoms with Crippen LogP contribution < -0.4 is 10.6 Å². The molecule has 0 radical (unpaired) electrons. The van der Waals surface area contributed by atoms with Crippen molar-refractivity contribution in [2.24, 2.45) is 17.3 Å². The number of para-hydroxylation sites is 1. The van der Waals surface area contributed by atoms with Crippen molar-refractivity contribution in [2.45, 2.75) is 38.3 Å². The minimum Gasteiger partial charge on any atom is -0.362 e. The Kier molecular flexibility index (Phi) is 3.97. The van der Waals surface area contributed by atoms with Gasteiger partial charge in [0.15, 0.2) is 0 Å². The number of amides is 2. The van der Waals surface area contributed by atoms with Crippen LogP contribution in [0.5, 0.6) is 0 Å². The first-order valence-corrected chi connectivity index (χ1v) is 11.2. The quantitative estimate of drug-likeness (QED) is 0.780. The average molecular weight is 386 g/mol. The zero-order valence-electron chi connectivity index (χ0n) is 15.8. The Morgan fingerprint density at radius 3 is 2.78 bits per heavy atom. The standard InChI is InChI=1S/C21H27N3O2S/c1-20-7-6-14(12-16(20)19(26)24-8-10-27-11-9-24)21(13-20)22-17-5-3-2-4-15(17)18(25)23-21/h2-5,14,16,22H,6-13H2,1H3,(H,23,25)/t14-,16+,20+,21-/m0/s1. The van der Waals surface area contributed by atoms with Crippen molar-refractivity contribution in [3.63, 3.8) is 0 Å². The molecule has 5 aliphatic rings. The smallest absolute Gasteiger partial charge is 0.255 e. The number of thioether (sulfide) groups is 1. The van der Waals surface area contributed by atoms with Gasteiger partial charge in [-0.3, -0.25) is 9.59 Å². The molecule has 144 valence electrons. The Morgan fingerprint density at radius 2 is 2.00 bits per heavy atom. The van der Waals surface area contributed by atoms with Crippen LogP contribution in [-0.2, 0) is 4.79 Å². The van der Waals surface area contributed by atoms with Crippen molar-refractivity contribution < 1.29 is 9.59 Å². The van der Waals surface area contributed by atoms with Crippen LogP contribution in [0.2, 0.25) is 0 Å². The van der Waals surface area contributed by atoms with E-state index in [1.54, 1.807) is 0 Å². The molecule has 1 spiro atoms. The molecular formula is C21H27N3O2S. The van der Waals surface area contributed by atoms with Crippen LogP contribution in [0.15, 0.2) is 24.3 Å². The molecule has 6 rings (SSSR count). The highest BCUT2D eigenvalue weighted by Gasteiger charge is 2.60. The summed E-state index contributed by atoms with van der Waals surface area (Å²) in [5.41, 5.74) is 1.16. The molecule has 1 saturated heterocycles. The van der Waals surface area contributed by atoms with Gasteiger partial charge in [0.2, 0.25) is 5.91 Å². The Morgan fingerprint density at radius 1 is 1.22 bits per heavy atom. The lowest BCUT2D eigenvalue weighted by Gasteiger charge is -2.61. The summed E-state index contributed by atoms with van der Waals surface area (Å²) in [6.07, 6.45) is 3.82. The summed E-state index contributed by atoms with van der Waals surface area (Å²) in [5, 5.41) is 6.98. The highest BCUT2D eigenvalue weighted by Crippen LogP contribution is 2.58. The second-order valence-electron chi connectivity index (χ2n) is 8.89. The molecule has 6 heteroatoms. The van der Waals surface area contributed by atoms with Gasteiger partial charge in [0.05, 0.1) is 5.56 Å². The summed E-state index contributed by atoms with van der Waals surface area (Å²) in [6.45, 7) is 4.03. The molecule has 1 aromatic rings. The van der Waals surface area contributed by atoms with Gasteiger partial charge in [-0.25, -0.2) is 0 Å². The van der Waals surface area contributed by atoms with Gasteiger partial charge in [0.1, 0.15) is 5.66 Å². The van der Waals surface area contributed by atoms with E-state index >= 15 is 0 Å². The predicted molar refractivity (Wildman–Crippen MR) is 108 cm³/mol. The van der Waals surface area contributed by atoms with Gasteiger partial charge >= 0.3 is 0 Å². The molecule has 4 fully saturated rings. The fraction of sp³-hybridized carbons (Fsp3) is 0.619. The van der Waals surface area contributed by atoms with Crippen molar-refractivity contribution in [1.29, 1.82) is 0 Å². The van der Waals surface area contributed by atoms with Crippen molar-refractivity contribution in [3.8, 4) is 0 Å². The molecule has 2 N–H and O–H groups in total. The molecule has 3 saturated carbocycles. The number of hydrogen-bond donors (Lipinski definition) is 2. The fourth-order valence-corrected chi connectivity index (χ4v) is 6.74. The molecule has 4 atom stereocenters. The summed E-state index contributed by atoms with van der Waals surface area (Å²) < 4.78 is 0. The van der Waals surface area contributed by atoms with Gasteiger partial charge in [-0.15, -0.1) is 0 Å². The maximum Gasteiger partial charge on any atom is 0.255 e. The molecule has 3 aliphatic carbocycles. The van der Waals surface area contributed by atoms with E-state index in [0.29, 0.717) is 17.4 Å². The van der Waals surface area contributed by atoms with Crippen molar-refractivity contribution >= 4 is 29.3 Å². The molecule has 2 aliphatic heterocycles. The molecule has 2 heterocycles. The van der Waals surface area contributed by atoms with E-state index in [1.165, 1.54) is 0 Å². The van der Waals surface area contributed by atoms with Crippen LogP contribution in [0.25, 0.3) is 0 Å². The number of nitrogens with one attached hydrogen (secondary N) is 2. The average Bonchev–Trinajstić information content (AvgIpc) is 2.68. The highest BCUT2D eigenvalue weighted by molar-refractivity contribution is 7.99. The lowest BCUT2D eigenvalue weighted by atomic mass is 9.51. The van der Waals surface area contributed by atoms with Gasteiger partial charge in [-0.2, -0.15) is 11.8 Å². The number of anilines is 1. The lowest BCUT2D eigenvalue weighted by molar-refractivity contribution is -0.150. The van der Waals surface area contributed by atoms with Crippen LogP contribution in [-0.4, -0.2) is 47.0 Å². The first-order valence-electron chi connectivity index (χ1n) is 10.1. The molecule has 1 aromatic carbocycles. The number of nitrogens with zero attached hydrogens (tertiary/aromatic N) is 1. The van der Waals surface area contributed by atoms with E-state index in [9.17, 15) is 9.59 Å². The van der Waals surface area contributed by atoms with E-state index < -0.39 is 5.66 Å². The van der Waals surface area contributed by atoms with Crippen LogP contribution >= 0.6 is 11.8 Å². The Balaban J connectivity index is 1.43. The number of rotatable bonds is 1. The van der Waals surface area contributed by atoms with Crippen LogP contribution in [0, 0.1) is 17.3 Å². The van der Waals surface area contributed by atoms with E-state index in [4.69, 9.17) is 0 Å². The molecule has 2 amide bonds. The number of carbonyl (C=O) groups excluding carboxylic acids is 2. The third kappa shape index (κ3) is 2.67. The highest BCUT2D eigenvalue weighted by atomic mass is 32.2. The zero-order valence-corrected chi connectivity index (χ0v) is 16.6. The maximum absolute atomic E-state index is 13.3. The van der Waals surface area contributed by atoms with E-state index in [2.05, 4.69) is 22.5 Å². The predicted octanol–water partition coefficient (Wildman–Crippen LogP) is 2.94. The lowest BCUT2D eigenvalue weighted by Crippen LogP contribution is -2.70. The van der Waals surface area contributed by atoms with Gasteiger partial charge < -0.3 is 15.5 Å². The molecular weight excluding hydrogens is 358 g/mol. The third-order valence-corrected chi connectivity index (χ3v) is 8.23. The van der Waals surface area contributed by atoms with Crippen molar-refractivity contribution in [3.05, 3.63) is 29.8 Å². The SMILES string of the molecule is C[C@]12CC[C@@H](C[C@@H]1C(=O)N1CCSCC1)[C@]1(C2)NC(=O)c2ccccc2N1. The van der Waals surface area contributed by atoms with E-state index in [-0.39, 0.29) is 17.2 Å². The van der Waals surface area contributed by atoms with Crippen LogP contribution in [0.4, 0.5) is 5.69 Å². The molecule has 0 unspecified atom stereocenters. The number of benzene rings is 1. The number of fused-ring (bicyclic) bond motifs is 3. The molecule has 5 nitrogen and oxygen atoms in total. The minimum absolute atomic E-state index is 0.0106. The van der Waals surface area contributed by atoms with Gasteiger partial charge in [0.25, 0.3) is 5.91 Å².